The summed E-state index contributed by atoms with van der Waals surface area (Å²) < 4.78 is 37.7. The van der Waals surface area contributed by atoms with Gasteiger partial charge in [0, 0.05) is 18.2 Å². The number of alkyl halides is 3. The van der Waals surface area contributed by atoms with Gasteiger partial charge in [0.05, 0.1) is 17.3 Å². The summed E-state index contributed by atoms with van der Waals surface area (Å²) in [5.74, 6) is 0. The maximum atomic E-state index is 12.6. The molecule has 0 spiro atoms. The van der Waals surface area contributed by atoms with E-state index in [1.54, 1.807) is 0 Å². The number of nitrogens with zero attached hydrogens (tertiary/aromatic N) is 1. The Balaban J connectivity index is 2.53. The molecule has 5 heteroatoms. The molecule has 17 heavy (non-hydrogen) atoms. The number of hydrogen-bond donors (Lipinski definition) is 1. The molecule has 1 aliphatic rings. The molecule has 0 amide bonds. The lowest BCUT2D eigenvalue weighted by atomic mass is 9.95. The van der Waals surface area contributed by atoms with E-state index in [1.807, 2.05) is 6.07 Å². The van der Waals surface area contributed by atoms with Crippen LogP contribution in [-0.2, 0) is 12.6 Å². The van der Waals surface area contributed by atoms with Crippen LogP contribution in [0.4, 0.5) is 13.2 Å². The molecule has 0 fully saturated rings. The van der Waals surface area contributed by atoms with Crippen LogP contribution in [-0.4, -0.2) is 6.54 Å². The summed E-state index contributed by atoms with van der Waals surface area (Å²) in [7, 11) is 0. The van der Waals surface area contributed by atoms with Crippen molar-refractivity contribution < 1.29 is 13.2 Å². The van der Waals surface area contributed by atoms with Crippen molar-refractivity contribution in [1.82, 2.24) is 5.32 Å². The zero-order valence-corrected chi connectivity index (χ0v) is 8.80. The van der Waals surface area contributed by atoms with E-state index in [-0.39, 0.29) is 0 Å². The van der Waals surface area contributed by atoms with E-state index >= 15 is 0 Å². The first kappa shape index (κ1) is 11.5. The lowest BCUT2D eigenvalue weighted by Crippen LogP contribution is -2.23. The molecule has 2 nitrogen and oxygen atoms in total. The zero-order valence-electron chi connectivity index (χ0n) is 8.80. The molecule has 0 saturated carbocycles. The summed E-state index contributed by atoms with van der Waals surface area (Å²) in [4.78, 5) is 0. The molecule has 1 aromatic carbocycles. The lowest BCUT2D eigenvalue weighted by molar-refractivity contribution is -0.137. The fourth-order valence-electron chi connectivity index (χ4n) is 1.84. The third kappa shape index (κ3) is 2.26. The van der Waals surface area contributed by atoms with Gasteiger partial charge in [0.1, 0.15) is 0 Å². The van der Waals surface area contributed by atoms with Crippen LogP contribution in [0.2, 0.25) is 0 Å². The summed E-state index contributed by atoms with van der Waals surface area (Å²) in [5, 5.41) is 11.5. The number of nitriles is 1. The van der Waals surface area contributed by atoms with E-state index in [0.29, 0.717) is 24.2 Å². The largest absolute Gasteiger partial charge is 0.416 e. The van der Waals surface area contributed by atoms with Gasteiger partial charge in [-0.3, -0.25) is 0 Å². The van der Waals surface area contributed by atoms with Gasteiger partial charge < -0.3 is 5.32 Å². The molecule has 0 unspecified atom stereocenters. The van der Waals surface area contributed by atoms with Gasteiger partial charge >= 0.3 is 6.18 Å². The fraction of sp³-hybridized carbons (Fsp3) is 0.250. The molecule has 1 aromatic rings. The van der Waals surface area contributed by atoms with Crippen molar-refractivity contribution in [3.63, 3.8) is 0 Å². The molecule has 0 bridgehead atoms. The van der Waals surface area contributed by atoms with Crippen molar-refractivity contribution >= 4 is 5.70 Å². The highest BCUT2D eigenvalue weighted by Crippen LogP contribution is 2.33. The Labute approximate surface area is 96.4 Å². The monoisotopic (exact) mass is 238 g/mol. The number of halogens is 3. The van der Waals surface area contributed by atoms with Gasteiger partial charge in [-0.15, -0.1) is 0 Å². The predicted octanol–water partition coefficient (Wildman–Crippen LogP) is 2.72. The van der Waals surface area contributed by atoms with Crippen LogP contribution in [0.15, 0.2) is 24.3 Å². The van der Waals surface area contributed by atoms with Crippen molar-refractivity contribution in [3.05, 3.63) is 41.0 Å². The molecule has 0 aromatic heterocycles. The van der Waals surface area contributed by atoms with Gasteiger partial charge in [-0.05, 0) is 24.1 Å². The maximum Gasteiger partial charge on any atom is 0.416 e. The Kier molecular flexibility index (Phi) is 2.80. The minimum absolute atomic E-state index is 0.458. The molecule has 2 rings (SSSR count). The van der Waals surface area contributed by atoms with Crippen molar-refractivity contribution in [2.24, 2.45) is 0 Å². The van der Waals surface area contributed by atoms with Crippen LogP contribution in [0.3, 0.4) is 0 Å². The smallest absolute Gasteiger partial charge is 0.384 e. The SMILES string of the molecule is N#C/C=C1/NCCc2ccc(C(F)(F)F)cc21. The molecule has 0 radical (unpaired) electrons. The number of allylic oxidation sites excluding steroid dienone is 1. The first-order chi connectivity index (χ1) is 8.02. The molecule has 1 aliphatic heterocycles. The summed E-state index contributed by atoms with van der Waals surface area (Å²) >= 11 is 0. The van der Waals surface area contributed by atoms with Gasteiger partial charge in [-0.1, -0.05) is 6.07 Å². The number of rotatable bonds is 0. The number of hydrogen-bond acceptors (Lipinski definition) is 2. The van der Waals surface area contributed by atoms with Crippen molar-refractivity contribution in [1.29, 1.82) is 5.26 Å². The van der Waals surface area contributed by atoms with Crippen molar-refractivity contribution in [2.45, 2.75) is 12.6 Å². The second-order valence-corrected chi connectivity index (χ2v) is 3.73. The lowest BCUT2D eigenvalue weighted by Gasteiger charge is -2.21. The van der Waals surface area contributed by atoms with E-state index in [9.17, 15) is 13.2 Å². The molecule has 1 N–H and O–H groups in total. The van der Waals surface area contributed by atoms with Crippen LogP contribution >= 0.6 is 0 Å². The van der Waals surface area contributed by atoms with E-state index in [2.05, 4.69) is 5.32 Å². The standard InChI is InChI=1S/C12H9F3N2/c13-12(14,15)9-2-1-8-4-6-17-11(3-5-16)10(8)7-9/h1-3,7,17H,4,6H2/b11-3+. The number of benzene rings is 1. The van der Waals surface area contributed by atoms with E-state index < -0.39 is 11.7 Å². The Hall–Kier alpha value is -1.96. The van der Waals surface area contributed by atoms with Gasteiger partial charge in [-0.25, -0.2) is 0 Å². The van der Waals surface area contributed by atoms with Crippen molar-refractivity contribution in [2.75, 3.05) is 6.54 Å². The maximum absolute atomic E-state index is 12.6. The molecule has 0 saturated heterocycles. The number of fused-ring (bicyclic) bond motifs is 1. The van der Waals surface area contributed by atoms with Crippen LogP contribution in [0.25, 0.3) is 5.70 Å². The second-order valence-electron chi connectivity index (χ2n) is 3.73. The topological polar surface area (TPSA) is 35.8 Å². The fourth-order valence-corrected chi connectivity index (χ4v) is 1.84. The summed E-state index contributed by atoms with van der Waals surface area (Å²) in [5.41, 5.74) is 1.06. The average Bonchev–Trinajstić information content (AvgIpc) is 2.28. The van der Waals surface area contributed by atoms with Gasteiger partial charge in [-0.2, -0.15) is 18.4 Å². The predicted molar refractivity (Wildman–Crippen MR) is 56.7 cm³/mol. The highest BCUT2D eigenvalue weighted by molar-refractivity contribution is 5.70. The van der Waals surface area contributed by atoms with E-state index in [0.717, 1.165) is 17.7 Å². The van der Waals surface area contributed by atoms with Crippen LogP contribution < -0.4 is 5.32 Å². The quantitative estimate of drug-likeness (QED) is 0.705. The second kappa shape index (κ2) is 4.13. The first-order valence-electron chi connectivity index (χ1n) is 5.06. The van der Waals surface area contributed by atoms with E-state index in [4.69, 9.17) is 5.26 Å². The third-order valence-electron chi connectivity index (χ3n) is 2.65. The Morgan fingerprint density at radius 2 is 2.12 bits per heavy atom. The molecule has 0 aliphatic carbocycles. The Morgan fingerprint density at radius 3 is 2.76 bits per heavy atom. The average molecular weight is 238 g/mol. The highest BCUT2D eigenvalue weighted by atomic mass is 19.4. The van der Waals surface area contributed by atoms with Crippen LogP contribution in [0.1, 0.15) is 16.7 Å². The van der Waals surface area contributed by atoms with Crippen LogP contribution in [0.5, 0.6) is 0 Å². The third-order valence-corrected chi connectivity index (χ3v) is 2.65. The zero-order chi connectivity index (χ0) is 12.5. The van der Waals surface area contributed by atoms with Crippen molar-refractivity contribution in [3.8, 4) is 6.07 Å². The minimum Gasteiger partial charge on any atom is -0.384 e. The normalized spacial score (nSPS) is 17.2. The van der Waals surface area contributed by atoms with Gasteiger partial charge in [0.25, 0.3) is 0 Å². The summed E-state index contributed by atoms with van der Waals surface area (Å²) in [6.07, 6.45) is -2.46. The minimum atomic E-state index is -4.36. The molecule has 88 valence electrons. The first-order valence-corrected chi connectivity index (χ1v) is 5.06. The van der Waals surface area contributed by atoms with Gasteiger partial charge in [0.15, 0.2) is 0 Å². The molecule has 0 atom stereocenters. The Morgan fingerprint density at radius 1 is 1.35 bits per heavy atom. The molecular weight excluding hydrogens is 229 g/mol. The van der Waals surface area contributed by atoms with Gasteiger partial charge in [0.2, 0.25) is 0 Å². The number of nitrogens with one attached hydrogen (secondary N) is 1. The molecule has 1 heterocycles. The Bertz CT molecular complexity index is 509. The summed E-state index contributed by atoms with van der Waals surface area (Å²) in [6, 6.07) is 5.47. The van der Waals surface area contributed by atoms with E-state index in [1.165, 1.54) is 12.1 Å². The highest BCUT2D eigenvalue weighted by Gasteiger charge is 2.31. The summed E-state index contributed by atoms with van der Waals surface area (Å²) in [6.45, 7) is 0.631. The van der Waals surface area contributed by atoms with Crippen LogP contribution in [0, 0.1) is 11.3 Å². The molecular formula is C12H9F3N2.